The number of ether oxygens (including phenoxy) is 4. The number of Topliss-reactive ketones (excluding diaryl/α,β-unsaturated/α-hetero) is 1. The number of ketones is 1. The second-order valence-corrected chi connectivity index (χ2v) is 7.95. The lowest BCUT2D eigenvalue weighted by molar-refractivity contribution is 0.0774. The highest BCUT2D eigenvalue weighted by atomic mass is 16.7. The minimum Gasteiger partial charge on any atom is -0.507 e. The molecule has 0 aromatic heterocycles. The number of hydrogen-bond acceptors (Lipinski definition) is 8. The normalized spacial score (nSPS) is 18.4. The van der Waals surface area contributed by atoms with E-state index < -0.39 is 0 Å². The van der Waals surface area contributed by atoms with Crippen molar-refractivity contribution in [3.05, 3.63) is 52.8 Å². The van der Waals surface area contributed by atoms with Crippen molar-refractivity contribution in [1.82, 2.24) is 9.80 Å². The lowest BCUT2D eigenvalue weighted by Crippen LogP contribution is -2.48. The first-order valence-electron chi connectivity index (χ1n) is 10.9. The maximum atomic E-state index is 13.0. The Morgan fingerprint density at radius 1 is 1.12 bits per heavy atom. The van der Waals surface area contributed by atoms with Gasteiger partial charge in [0.1, 0.15) is 11.5 Å². The van der Waals surface area contributed by atoms with Gasteiger partial charge in [-0.2, -0.15) is 0 Å². The largest absolute Gasteiger partial charge is 0.507 e. The molecule has 9 heteroatoms. The van der Waals surface area contributed by atoms with Gasteiger partial charge in [0.05, 0.1) is 17.7 Å². The minimum atomic E-state index is -0.312. The number of phenols is 1. The van der Waals surface area contributed by atoms with Crippen LogP contribution in [-0.4, -0.2) is 66.4 Å². The molecule has 5 rings (SSSR count). The SMILES string of the molecule is CCOC(=O)N1CCN(Cc2c(O)ccc3c2O/C(=C\c2ccc4c(c2)OCO4)C3=O)CC1. The van der Waals surface area contributed by atoms with Gasteiger partial charge in [0.25, 0.3) is 0 Å². The summed E-state index contributed by atoms with van der Waals surface area (Å²) in [6, 6.07) is 8.50. The first kappa shape index (κ1) is 21.1. The van der Waals surface area contributed by atoms with Crippen LogP contribution in [0.3, 0.4) is 0 Å². The van der Waals surface area contributed by atoms with Crippen LogP contribution in [-0.2, 0) is 11.3 Å². The van der Waals surface area contributed by atoms with Crippen LogP contribution in [0.1, 0.15) is 28.4 Å². The first-order valence-corrected chi connectivity index (χ1v) is 10.9. The van der Waals surface area contributed by atoms with Crippen LogP contribution in [0.5, 0.6) is 23.0 Å². The summed E-state index contributed by atoms with van der Waals surface area (Å²) in [7, 11) is 0. The van der Waals surface area contributed by atoms with Crippen LogP contribution in [0.15, 0.2) is 36.1 Å². The predicted molar refractivity (Wildman–Crippen MR) is 117 cm³/mol. The smallest absolute Gasteiger partial charge is 0.409 e. The monoisotopic (exact) mass is 452 g/mol. The Balaban J connectivity index is 1.33. The van der Waals surface area contributed by atoms with E-state index in [-0.39, 0.29) is 30.2 Å². The number of rotatable bonds is 4. The number of hydrogen-bond donors (Lipinski definition) is 1. The number of fused-ring (bicyclic) bond motifs is 2. The predicted octanol–water partition coefficient (Wildman–Crippen LogP) is 3.01. The van der Waals surface area contributed by atoms with Crippen molar-refractivity contribution in [3.63, 3.8) is 0 Å². The van der Waals surface area contributed by atoms with Gasteiger partial charge in [-0.1, -0.05) is 6.07 Å². The molecule has 3 heterocycles. The molecule has 172 valence electrons. The Bertz CT molecular complexity index is 1140. The van der Waals surface area contributed by atoms with Gasteiger partial charge in [0.2, 0.25) is 12.6 Å². The van der Waals surface area contributed by atoms with E-state index in [2.05, 4.69) is 4.90 Å². The standard InChI is InChI=1S/C24H24N2O7/c1-2-30-24(29)26-9-7-25(8-10-26)13-17-18(27)5-4-16-22(28)21(33-23(16)17)12-15-3-6-19-20(11-15)32-14-31-19/h3-6,11-12,27H,2,7-10,13-14H2,1H3/b21-12-. The number of piperazine rings is 1. The summed E-state index contributed by atoms with van der Waals surface area (Å²) >= 11 is 0. The van der Waals surface area contributed by atoms with E-state index in [1.54, 1.807) is 36.1 Å². The number of aromatic hydroxyl groups is 1. The average molecular weight is 452 g/mol. The summed E-state index contributed by atoms with van der Waals surface area (Å²) in [5.74, 6) is 1.67. The van der Waals surface area contributed by atoms with Crippen molar-refractivity contribution in [1.29, 1.82) is 0 Å². The quantitative estimate of drug-likeness (QED) is 0.707. The van der Waals surface area contributed by atoms with Gasteiger partial charge in [0, 0.05) is 32.7 Å². The van der Waals surface area contributed by atoms with Gasteiger partial charge in [0.15, 0.2) is 17.3 Å². The second kappa shape index (κ2) is 8.67. The van der Waals surface area contributed by atoms with E-state index >= 15 is 0 Å². The zero-order valence-corrected chi connectivity index (χ0v) is 18.2. The molecule has 3 aliphatic rings. The second-order valence-electron chi connectivity index (χ2n) is 7.95. The molecule has 1 amide bonds. The van der Waals surface area contributed by atoms with Crippen LogP contribution >= 0.6 is 0 Å². The Morgan fingerprint density at radius 3 is 2.70 bits per heavy atom. The molecule has 0 saturated carbocycles. The molecule has 1 fully saturated rings. The van der Waals surface area contributed by atoms with Crippen molar-refractivity contribution in [2.75, 3.05) is 39.6 Å². The molecule has 0 atom stereocenters. The number of carbonyl (C=O) groups is 2. The van der Waals surface area contributed by atoms with Gasteiger partial charge >= 0.3 is 6.09 Å². The molecule has 1 saturated heterocycles. The lowest BCUT2D eigenvalue weighted by atomic mass is 10.0. The van der Waals surface area contributed by atoms with Gasteiger partial charge < -0.3 is 29.0 Å². The zero-order valence-electron chi connectivity index (χ0n) is 18.2. The molecule has 0 radical (unpaired) electrons. The molecule has 2 aromatic carbocycles. The average Bonchev–Trinajstić information content (AvgIpc) is 3.41. The van der Waals surface area contributed by atoms with E-state index in [1.165, 1.54) is 6.07 Å². The third-order valence-corrected chi connectivity index (χ3v) is 5.89. The molecule has 33 heavy (non-hydrogen) atoms. The summed E-state index contributed by atoms with van der Waals surface area (Å²) in [6.07, 6.45) is 1.34. The number of allylic oxidation sites excluding steroid dienone is 1. The van der Waals surface area contributed by atoms with Crippen LogP contribution in [0.4, 0.5) is 4.79 Å². The van der Waals surface area contributed by atoms with E-state index in [0.717, 1.165) is 5.56 Å². The zero-order chi connectivity index (χ0) is 22.9. The number of phenolic OH excluding ortho intramolecular Hbond substituents is 1. The first-order chi connectivity index (χ1) is 16.0. The molecule has 0 bridgehead atoms. The molecular formula is C24H24N2O7. The highest BCUT2D eigenvalue weighted by Gasteiger charge is 2.32. The maximum absolute atomic E-state index is 13.0. The summed E-state index contributed by atoms with van der Waals surface area (Å²) in [6.45, 7) is 5.00. The molecule has 2 aromatic rings. The van der Waals surface area contributed by atoms with E-state index in [0.29, 0.717) is 67.7 Å². The fraction of sp³-hybridized carbons (Fsp3) is 0.333. The summed E-state index contributed by atoms with van der Waals surface area (Å²) in [5.41, 5.74) is 1.72. The third-order valence-electron chi connectivity index (χ3n) is 5.89. The molecule has 0 aliphatic carbocycles. The van der Waals surface area contributed by atoms with Crippen LogP contribution in [0.2, 0.25) is 0 Å². The van der Waals surface area contributed by atoms with Crippen LogP contribution in [0, 0.1) is 0 Å². The third kappa shape index (κ3) is 4.07. The highest BCUT2D eigenvalue weighted by molar-refractivity contribution is 6.15. The van der Waals surface area contributed by atoms with Crippen molar-refractivity contribution in [2.45, 2.75) is 13.5 Å². The van der Waals surface area contributed by atoms with Crippen molar-refractivity contribution in [3.8, 4) is 23.0 Å². The summed E-state index contributed by atoms with van der Waals surface area (Å²) < 4.78 is 21.7. The molecular weight excluding hydrogens is 428 g/mol. The summed E-state index contributed by atoms with van der Waals surface area (Å²) in [5, 5.41) is 10.5. The summed E-state index contributed by atoms with van der Waals surface area (Å²) in [4.78, 5) is 28.7. The molecule has 1 N–H and O–H groups in total. The Kier molecular flexibility index (Phi) is 5.55. The molecule has 0 spiro atoms. The van der Waals surface area contributed by atoms with Gasteiger partial charge in [-0.15, -0.1) is 0 Å². The fourth-order valence-corrected chi connectivity index (χ4v) is 4.13. The highest BCUT2D eigenvalue weighted by Crippen LogP contribution is 2.41. The Labute approximate surface area is 190 Å². The lowest BCUT2D eigenvalue weighted by Gasteiger charge is -2.34. The molecule has 9 nitrogen and oxygen atoms in total. The van der Waals surface area contributed by atoms with Gasteiger partial charge in [-0.3, -0.25) is 9.69 Å². The maximum Gasteiger partial charge on any atom is 0.409 e. The van der Waals surface area contributed by atoms with Crippen LogP contribution < -0.4 is 14.2 Å². The Hall–Kier alpha value is -3.72. The number of amides is 1. The number of nitrogens with zero attached hydrogens (tertiary/aromatic N) is 2. The van der Waals surface area contributed by atoms with E-state index in [4.69, 9.17) is 18.9 Å². The van der Waals surface area contributed by atoms with Crippen molar-refractivity contribution >= 4 is 18.0 Å². The Morgan fingerprint density at radius 2 is 1.91 bits per heavy atom. The minimum absolute atomic E-state index is 0.0682. The van der Waals surface area contributed by atoms with Crippen molar-refractivity contribution in [2.24, 2.45) is 0 Å². The number of benzene rings is 2. The fourth-order valence-electron chi connectivity index (χ4n) is 4.13. The van der Waals surface area contributed by atoms with Crippen LogP contribution in [0.25, 0.3) is 6.08 Å². The molecule has 3 aliphatic heterocycles. The number of carbonyl (C=O) groups excluding carboxylic acids is 2. The topological polar surface area (TPSA) is 97.8 Å². The van der Waals surface area contributed by atoms with Gasteiger partial charge in [-0.25, -0.2) is 4.79 Å². The van der Waals surface area contributed by atoms with E-state index in [1.807, 2.05) is 6.07 Å². The van der Waals surface area contributed by atoms with E-state index in [9.17, 15) is 14.7 Å². The van der Waals surface area contributed by atoms with Gasteiger partial charge in [-0.05, 0) is 42.8 Å². The van der Waals surface area contributed by atoms with Crippen molar-refractivity contribution < 1.29 is 33.6 Å². The molecule has 0 unspecified atom stereocenters.